The minimum Gasteiger partial charge on any atom is -0.364 e. The van der Waals surface area contributed by atoms with E-state index >= 15 is 0 Å². The van der Waals surface area contributed by atoms with Gasteiger partial charge in [-0.25, -0.2) is 4.99 Å². The Bertz CT molecular complexity index is 745. The molecule has 1 amide bonds. The first-order valence-electron chi connectivity index (χ1n) is 8.08. The summed E-state index contributed by atoms with van der Waals surface area (Å²) in [5.74, 6) is 1.00. The maximum atomic E-state index is 11.9. The summed E-state index contributed by atoms with van der Waals surface area (Å²) in [5, 5.41) is 6.74. The number of anilines is 1. The third-order valence-electron chi connectivity index (χ3n) is 3.90. The molecular formula is C19H20ClN3O. The van der Waals surface area contributed by atoms with Crippen LogP contribution in [0.4, 0.5) is 5.69 Å². The molecule has 0 bridgehead atoms. The molecule has 2 aliphatic rings. The highest BCUT2D eigenvalue weighted by atomic mass is 35.5. The largest absolute Gasteiger partial charge is 0.364 e. The number of carbonyl (C=O) groups is 1. The second-order valence-corrected chi connectivity index (χ2v) is 6.37. The number of amides is 1. The van der Waals surface area contributed by atoms with Crippen molar-refractivity contribution in [2.75, 3.05) is 5.32 Å². The molecule has 5 heteroatoms. The van der Waals surface area contributed by atoms with E-state index in [0.29, 0.717) is 11.0 Å². The molecule has 0 aromatic heterocycles. The molecule has 3 rings (SSSR count). The third-order valence-corrected chi connectivity index (χ3v) is 4.11. The van der Waals surface area contributed by atoms with E-state index in [-0.39, 0.29) is 17.9 Å². The summed E-state index contributed by atoms with van der Waals surface area (Å²) in [6, 6.07) is 7.90. The fraction of sp³-hybridized carbons (Fsp3) is 0.263. The predicted octanol–water partition coefficient (Wildman–Crippen LogP) is 4.29. The highest BCUT2D eigenvalue weighted by Crippen LogP contribution is 2.30. The van der Waals surface area contributed by atoms with Crippen LogP contribution in [0.5, 0.6) is 0 Å². The summed E-state index contributed by atoms with van der Waals surface area (Å²) < 4.78 is 0. The summed E-state index contributed by atoms with van der Waals surface area (Å²) in [7, 11) is 0. The summed E-state index contributed by atoms with van der Waals surface area (Å²) in [5.41, 5.74) is 1.89. The topological polar surface area (TPSA) is 53.5 Å². The van der Waals surface area contributed by atoms with Crippen LogP contribution in [0.25, 0.3) is 0 Å². The molecule has 0 spiro atoms. The van der Waals surface area contributed by atoms with Gasteiger partial charge < -0.3 is 10.6 Å². The highest BCUT2D eigenvalue weighted by molar-refractivity contribution is 6.68. The van der Waals surface area contributed by atoms with Crippen LogP contribution in [0.2, 0.25) is 0 Å². The van der Waals surface area contributed by atoms with Crippen LogP contribution in [0, 0.1) is 5.92 Å². The molecule has 1 saturated carbocycles. The lowest BCUT2D eigenvalue weighted by Gasteiger charge is -2.17. The Morgan fingerprint density at radius 2 is 2.12 bits per heavy atom. The third kappa shape index (κ3) is 4.59. The maximum Gasteiger partial charge on any atom is 0.227 e. The molecule has 1 aliphatic carbocycles. The molecule has 24 heavy (non-hydrogen) atoms. The number of halogens is 1. The molecular weight excluding hydrogens is 322 g/mol. The van der Waals surface area contributed by atoms with Crippen molar-refractivity contribution in [3.63, 3.8) is 0 Å². The molecule has 4 nitrogen and oxygen atoms in total. The zero-order valence-electron chi connectivity index (χ0n) is 13.5. The van der Waals surface area contributed by atoms with Crippen LogP contribution >= 0.6 is 11.6 Å². The van der Waals surface area contributed by atoms with Gasteiger partial charge in [-0.2, -0.15) is 0 Å². The first-order valence-corrected chi connectivity index (χ1v) is 8.46. The average molecular weight is 342 g/mol. The maximum absolute atomic E-state index is 11.9. The van der Waals surface area contributed by atoms with Gasteiger partial charge in [0.05, 0.1) is 6.04 Å². The van der Waals surface area contributed by atoms with E-state index in [1.165, 1.54) is 0 Å². The van der Waals surface area contributed by atoms with Crippen molar-refractivity contribution in [3.8, 4) is 0 Å². The Morgan fingerprint density at radius 1 is 1.29 bits per heavy atom. The van der Waals surface area contributed by atoms with E-state index in [1.54, 1.807) is 6.08 Å². The van der Waals surface area contributed by atoms with Crippen molar-refractivity contribution in [3.05, 3.63) is 66.0 Å². The fourth-order valence-corrected chi connectivity index (χ4v) is 2.56. The Hall–Kier alpha value is -2.33. The van der Waals surface area contributed by atoms with Crippen LogP contribution in [0.15, 0.2) is 65.5 Å². The van der Waals surface area contributed by atoms with Gasteiger partial charge in [0.2, 0.25) is 5.91 Å². The lowest BCUT2D eigenvalue weighted by Crippen LogP contribution is -2.18. The normalized spacial score (nSPS) is 25.1. The number of rotatable bonds is 5. The van der Waals surface area contributed by atoms with Crippen molar-refractivity contribution >= 4 is 28.4 Å². The number of carbonyl (C=O) groups excluding carboxylic acids is 1. The quantitative estimate of drug-likeness (QED) is 0.839. The molecule has 1 atom stereocenters. The highest BCUT2D eigenvalue weighted by Gasteiger charge is 2.29. The molecule has 0 radical (unpaired) electrons. The summed E-state index contributed by atoms with van der Waals surface area (Å²) in [6.45, 7) is 2.05. The van der Waals surface area contributed by atoms with E-state index in [4.69, 9.17) is 11.6 Å². The Morgan fingerprint density at radius 3 is 2.92 bits per heavy atom. The lowest BCUT2D eigenvalue weighted by molar-refractivity contribution is -0.117. The Balaban J connectivity index is 1.69. The Kier molecular flexibility index (Phi) is 5.16. The van der Waals surface area contributed by atoms with Crippen LogP contribution in [0.3, 0.4) is 0 Å². The number of benzene rings is 1. The minimum absolute atomic E-state index is 0.0269. The number of nitrogens with zero attached hydrogens (tertiary/aromatic N) is 1. The number of nitrogens with one attached hydrogen (secondary N) is 2. The molecule has 124 valence electrons. The van der Waals surface area contributed by atoms with E-state index < -0.39 is 0 Å². The van der Waals surface area contributed by atoms with Gasteiger partial charge in [0.15, 0.2) is 0 Å². The van der Waals surface area contributed by atoms with Crippen molar-refractivity contribution in [1.29, 1.82) is 0 Å². The molecule has 1 aliphatic heterocycles. The zero-order chi connectivity index (χ0) is 16.9. The fourth-order valence-electron chi connectivity index (χ4n) is 2.40. The average Bonchev–Trinajstić information content (AvgIpc) is 3.37. The molecule has 0 saturated heterocycles. The van der Waals surface area contributed by atoms with Crippen LogP contribution in [-0.4, -0.2) is 11.1 Å². The SMILES string of the molecule is C[C@H](NC1=C/C=C/C=C/C(Cl)=N\1)c1cccc(NC(=O)C2CC2)c1. The van der Waals surface area contributed by atoms with Crippen LogP contribution in [-0.2, 0) is 4.79 Å². The number of hydrogen-bond acceptors (Lipinski definition) is 3. The van der Waals surface area contributed by atoms with Gasteiger partial charge in [-0.15, -0.1) is 0 Å². The van der Waals surface area contributed by atoms with Crippen molar-refractivity contribution in [1.82, 2.24) is 5.32 Å². The monoisotopic (exact) mass is 341 g/mol. The van der Waals surface area contributed by atoms with Crippen molar-refractivity contribution in [2.24, 2.45) is 10.9 Å². The van der Waals surface area contributed by atoms with Crippen LogP contribution < -0.4 is 10.6 Å². The lowest BCUT2D eigenvalue weighted by atomic mass is 10.1. The molecule has 1 heterocycles. The molecule has 0 unspecified atom stereocenters. The van der Waals surface area contributed by atoms with Gasteiger partial charge in [0.25, 0.3) is 0 Å². The van der Waals surface area contributed by atoms with Gasteiger partial charge in [0, 0.05) is 11.6 Å². The second-order valence-electron chi connectivity index (χ2n) is 5.99. The molecule has 2 N–H and O–H groups in total. The predicted molar refractivity (Wildman–Crippen MR) is 99.0 cm³/mol. The van der Waals surface area contributed by atoms with Crippen molar-refractivity contribution < 1.29 is 4.79 Å². The first-order chi connectivity index (χ1) is 11.6. The standard InChI is InChI=1S/C19H20ClN3O/c1-13(21-18-9-4-2-3-8-17(20)23-18)15-6-5-7-16(12-15)22-19(24)14-10-11-14/h2-9,12-14H,10-11H2,1H3,(H,21,23)(H,22,24)/t13-/m0/s1. The van der Waals surface area contributed by atoms with Crippen LogP contribution in [0.1, 0.15) is 31.4 Å². The number of aliphatic imine (C=N–C) groups is 1. The van der Waals surface area contributed by atoms with E-state index in [1.807, 2.05) is 55.5 Å². The van der Waals surface area contributed by atoms with E-state index in [0.717, 1.165) is 24.1 Å². The minimum atomic E-state index is 0.0269. The zero-order valence-corrected chi connectivity index (χ0v) is 14.3. The second kappa shape index (κ2) is 7.49. The van der Waals surface area contributed by atoms with Gasteiger partial charge >= 0.3 is 0 Å². The first kappa shape index (κ1) is 16.5. The van der Waals surface area contributed by atoms with Gasteiger partial charge in [-0.05, 0) is 49.6 Å². The smallest absolute Gasteiger partial charge is 0.227 e. The molecule has 1 fully saturated rings. The summed E-state index contributed by atoms with van der Waals surface area (Å²) in [4.78, 5) is 16.2. The summed E-state index contributed by atoms with van der Waals surface area (Å²) >= 11 is 6.04. The number of hydrogen-bond donors (Lipinski definition) is 2. The molecule has 1 aromatic rings. The van der Waals surface area contributed by atoms with E-state index in [9.17, 15) is 4.79 Å². The van der Waals surface area contributed by atoms with E-state index in [2.05, 4.69) is 15.6 Å². The number of allylic oxidation sites excluding steroid dienone is 5. The summed E-state index contributed by atoms with van der Waals surface area (Å²) in [6.07, 6.45) is 11.3. The molecule has 1 aromatic carbocycles. The van der Waals surface area contributed by atoms with Crippen molar-refractivity contribution in [2.45, 2.75) is 25.8 Å². The van der Waals surface area contributed by atoms with Gasteiger partial charge in [0.1, 0.15) is 11.0 Å². The Labute approximate surface area is 147 Å². The van der Waals surface area contributed by atoms with Gasteiger partial charge in [-0.3, -0.25) is 4.79 Å². The van der Waals surface area contributed by atoms with Gasteiger partial charge in [-0.1, -0.05) is 42.0 Å².